The molecular weight excluding hydrogens is 222 g/mol. The van der Waals surface area contributed by atoms with Crippen molar-refractivity contribution < 1.29 is 0 Å². The Balaban J connectivity index is 2.15. The second-order valence-electron chi connectivity index (χ2n) is 5.05. The van der Waals surface area contributed by atoms with Gasteiger partial charge in [-0.3, -0.25) is 0 Å². The summed E-state index contributed by atoms with van der Waals surface area (Å²) in [5.41, 5.74) is 12.2. The third kappa shape index (κ3) is 1.66. The maximum absolute atomic E-state index is 5.81. The first-order valence-corrected chi connectivity index (χ1v) is 6.55. The van der Waals surface area contributed by atoms with Gasteiger partial charge in [-0.2, -0.15) is 0 Å². The number of imidazole rings is 1. The van der Waals surface area contributed by atoms with Gasteiger partial charge in [0.05, 0.1) is 11.4 Å². The van der Waals surface area contributed by atoms with Crippen LogP contribution < -0.4 is 5.73 Å². The van der Waals surface area contributed by atoms with E-state index in [1.807, 2.05) is 6.92 Å². The number of benzene rings is 1. The van der Waals surface area contributed by atoms with Crippen LogP contribution >= 0.6 is 0 Å². The average molecular weight is 241 g/mol. The van der Waals surface area contributed by atoms with Crippen LogP contribution in [0.25, 0.3) is 11.3 Å². The standard InChI is InChI=1S/C15H19N3/c1-10-17-14(9-16)15(18(10)2)13-7-6-11-4-3-5-12(11)8-13/h6-8H,3-5,9,16H2,1-2H3. The molecule has 2 N–H and O–H groups in total. The molecule has 3 nitrogen and oxygen atoms in total. The van der Waals surface area contributed by atoms with Gasteiger partial charge in [0.15, 0.2) is 0 Å². The maximum atomic E-state index is 5.81. The molecule has 0 radical (unpaired) electrons. The smallest absolute Gasteiger partial charge is 0.106 e. The van der Waals surface area contributed by atoms with Gasteiger partial charge in [0.1, 0.15) is 5.82 Å². The molecule has 3 heteroatoms. The quantitative estimate of drug-likeness (QED) is 0.877. The highest BCUT2D eigenvalue weighted by Gasteiger charge is 2.16. The van der Waals surface area contributed by atoms with E-state index in [1.54, 1.807) is 0 Å². The number of rotatable bonds is 2. The van der Waals surface area contributed by atoms with Gasteiger partial charge in [0.2, 0.25) is 0 Å². The van der Waals surface area contributed by atoms with Gasteiger partial charge in [-0.15, -0.1) is 0 Å². The summed E-state index contributed by atoms with van der Waals surface area (Å²) in [6, 6.07) is 6.79. The normalized spacial score (nSPS) is 13.9. The van der Waals surface area contributed by atoms with Crippen LogP contribution in [0.1, 0.15) is 29.1 Å². The molecule has 0 fully saturated rings. The number of aryl methyl sites for hydroxylation is 3. The average Bonchev–Trinajstić information content (AvgIpc) is 2.94. The largest absolute Gasteiger partial charge is 0.331 e. The summed E-state index contributed by atoms with van der Waals surface area (Å²) >= 11 is 0. The van der Waals surface area contributed by atoms with Crippen LogP contribution in [-0.2, 0) is 26.4 Å². The van der Waals surface area contributed by atoms with Gasteiger partial charge in [-0.1, -0.05) is 12.1 Å². The van der Waals surface area contributed by atoms with Crippen molar-refractivity contribution in [1.29, 1.82) is 0 Å². The first-order valence-electron chi connectivity index (χ1n) is 6.55. The lowest BCUT2D eigenvalue weighted by atomic mass is 10.0. The third-order valence-corrected chi connectivity index (χ3v) is 3.96. The van der Waals surface area contributed by atoms with E-state index in [4.69, 9.17) is 5.73 Å². The van der Waals surface area contributed by atoms with Crippen LogP contribution in [-0.4, -0.2) is 9.55 Å². The highest BCUT2D eigenvalue weighted by molar-refractivity contribution is 5.65. The second-order valence-corrected chi connectivity index (χ2v) is 5.05. The zero-order valence-electron chi connectivity index (χ0n) is 11.0. The molecule has 0 unspecified atom stereocenters. The Hall–Kier alpha value is -1.61. The van der Waals surface area contributed by atoms with E-state index in [-0.39, 0.29) is 0 Å². The summed E-state index contributed by atoms with van der Waals surface area (Å²) in [6.07, 6.45) is 3.72. The Morgan fingerprint density at radius 1 is 1.28 bits per heavy atom. The molecule has 1 aromatic carbocycles. The summed E-state index contributed by atoms with van der Waals surface area (Å²) in [7, 11) is 2.06. The van der Waals surface area contributed by atoms with Crippen LogP contribution in [0.3, 0.4) is 0 Å². The molecule has 0 atom stereocenters. The number of nitrogens with two attached hydrogens (primary N) is 1. The second kappa shape index (κ2) is 4.25. The van der Waals surface area contributed by atoms with E-state index in [0.717, 1.165) is 11.5 Å². The third-order valence-electron chi connectivity index (χ3n) is 3.96. The summed E-state index contributed by atoms with van der Waals surface area (Å²) in [5.74, 6) is 1.02. The fourth-order valence-electron chi connectivity index (χ4n) is 2.90. The van der Waals surface area contributed by atoms with Gasteiger partial charge in [-0.05, 0) is 43.4 Å². The molecule has 3 rings (SSSR count). The number of hydrogen-bond acceptors (Lipinski definition) is 2. The van der Waals surface area contributed by atoms with Crippen molar-refractivity contribution in [2.75, 3.05) is 0 Å². The van der Waals surface area contributed by atoms with Crippen molar-refractivity contribution in [2.45, 2.75) is 32.7 Å². The van der Waals surface area contributed by atoms with Crippen molar-refractivity contribution in [3.8, 4) is 11.3 Å². The Labute approximate surface area is 108 Å². The Bertz CT molecular complexity index is 596. The minimum Gasteiger partial charge on any atom is -0.331 e. The molecule has 1 aromatic heterocycles. The van der Waals surface area contributed by atoms with E-state index < -0.39 is 0 Å². The van der Waals surface area contributed by atoms with Gasteiger partial charge in [0.25, 0.3) is 0 Å². The summed E-state index contributed by atoms with van der Waals surface area (Å²) in [4.78, 5) is 4.54. The fraction of sp³-hybridized carbons (Fsp3) is 0.400. The summed E-state index contributed by atoms with van der Waals surface area (Å²) in [6.45, 7) is 2.52. The van der Waals surface area contributed by atoms with Crippen LogP contribution in [0.15, 0.2) is 18.2 Å². The summed E-state index contributed by atoms with van der Waals surface area (Å²) < 4.78 is 2.14. The topological polar surface area (TPSA) is 43.8 Å². The predicted octanol–water partition coefficient (Wildman–Crippen LogP) is 2.34. The minimum absolute atomic E-state index is 0.494. The lowest BCUT2D eigenvalue weighted by Gasteiger charge is -2.08. The molecule has 0 saturated carbocycles. The molecule has 94 valence electrons. The monoisotopic (exact) mass is 241 g/mol. The molecular formula is C15H19N3. The van der Waals surface area contributed by atoms with Crippen LogP contribution in [0.4, 0.5) is 0 Å². The fourth-order valence-corrected chi connectivity index (χ4v) is 2.90. The van der Waals surface area contributed by atoms with Crippen molar-refractivity contribution in [1.82, 2.24) is 9.55 Å². The van der Waals surface area contributed by atoms with Gasteiger partial charge < -0.3 is 10.3 Å². The maximum Gasteiger partial charge on any atom is 0.106 e. The molecule has 0 amide bonds. The first-order chi connectivity index (χ1) is 8.70. The molecule has 2 aromatic rings. The molecule has 1 aliphatic rings. The van der Waals surface area contributed by atoms with Crippen LogP contribution in [0.2, 0.25) is 0 Å². The molecule has 0 bridgehead atoms. The molecule has 0 saturated heterocycles. The van der Waals surface area contributed by atoms with Crippen LogP contribution in [0, 0.1) is 6.92 Å². The molecule has 1 aliphatic carbocycles. The van der Waals surface area contributed by atoms with Gasteiger partial charge >= 0.3 is 0 Å². The SMILES string of the molecule is Cc1nc(CN)c(-c2ccc3c(c2)CCC3)n1C. The minimum atomic E-state index is 0.494. The van der Waals surface area contributed by atoms with E-state index in [9.17, 15) is 0 Å². The first kappa shape index (κ1) is 11.5. The van der Waals surface area contributed by atoms with Gasteiger partial charge in [-0.25, -0.2) is 4.98 Å². The number of aromatic nitrogens is 2. The van der Waals surface area contributed by atoms with E-state index in [2.05, 4.69) is 34.8 Å². The highest BCUT2D eigenvalue weighted by Crippen LogP contribution is 2.30. The zero-order chi connectivity index (χ0) is 12.7. The van der Waals surface area contributed by atoms with Crippen LogP contribution in [0.5, 0.6) is 0 Å². The lowest BCUT2D eigenvalue weighted by molar-refractivity contribution is 0.864. The number of nitrogens with zero attached hydrogens (tertiary/aromatic N) is 2. The van der Waals surface area contributed by atoms with Gasteiger partial charge in [0, 0.05) is 19.2 Å². The Morgan fingerprint density at radius 3 is 2.83 bits per heavy atom. The molecule has 18 heavy (non-hydrogen) atoms. The lowest BCUT2D eigenvalue weighted by Crippen LogP contribution is -2.01. The van der Waals surface area contributed by atoms with E-state index >= 15 is 0 Å². The van der Waals surface area contributed by atoms with Crippen molar-refractivity contribution in [3.63, 3.8) is 0 Å². The Morgan fingerprint density at radius 2 is 2.06 bits per heavy atom. The van der Waals surface area contributed by atoms with E-state index in [1.165, 1.54) is 41.6 Å². The van der Waals surface area contributed by atoms with Crippen molar-refractivity contribution in [3.05, 3.63) is 40.8 Å². The van der Waals surface area contributed by atoms with Crippen molar-refractivity contribution >= 4 is 0 Å². The predicted molar refractivity (Wildman–Crippen MR) is 73.3 cm³/mol. The summed E-state index contributed by atoms with van der Waals surface area (Å²) in [5, 5.41) is 0. The zero-order valence-corrected chi connectivity index (χ0v) is 11.0. The highest BCUT2D eigenvalue weighted by atomic mass is 15.1. The number of fused-ring (bicyclic) bond motifs is 1. The van der Waals surface area contributed by atoms with E-state index in [0.29, 0.717) is 6.54 Å². The van der Waals surface area contributed by atoms with Crippen molar-refractivity contribution in [2.24, 2.45) is 12.8 Å². The Kier molecular flexibility index (Phi) is 2.71. The number of hydrogen-bond donors (Lipinski definition) is 1. The molecule has 1 heterocycles. The molecule has 0 aliphatic heterocycles. The molecule has 0 spiro atoms.